The smallest absolute Gasteiger partial charge is 0.303 e. The summed E-state index contributed by atoms with van der Waals surface area (Å²) in [7, 11) is 0. The minimum absolute atomic E-state index is 0.135. The lowest BCUT2D eigenvalue weighted by Crippen LogP contribution is -2.33. The predicted octanol–water partition coefficient (Wildman–Crippen LogP) is 6.74. The highest BCUT2D eigenvalue weighted by Crippen LogP contribution is 2.31. The first-order valence-electron chi connectivity index (χ1n) is 24.3. The molecule has 0 bridgehead atoms. The van der Waals surface area contributed by atoms with Gasteiger partial charge in [-0.15, -0.1) is 0 Å². The number of ether oxygens (including phenoxy) is 2. The van der Waals surface area contributed by atoms with Crippen LogP contribution in [0.1, 0.15) is 147 Å². The Morgan fingerprint density at radius 3 is 1.58 bits per heavy atom. The van der Waals surface area contributed by atoms with Crippen LogP contribution in [0.3, 0.4) is 0 Å². The SMILES string of the molecule is NOC1CCCCO1.O=C(CCCCCCNC(=O)C(=O)c1cn2c3c(cccc13)CCC2)NOC1CCCCO1.O=C(O)CCCCCCNC(=O)C(=O)c1cn2c3c(cccc13)CCC2. The van der Waals surface area contributed by atoms with Gasteiger partial charge in [0.2, 0.25) is 5.91 Å². The summed E-state index contributed by atoms with van der Waals surface area (Å²) in [6, 6.07) is 11.9. The number of amides is 3. The summed E-state index contributed by atoms with van der Waals surface area (Å²) in [5.41, 5.74) is 8.05. The van der Waals surface area contributed by atoms with Gasteiger partial charge in [-0.25, -0.2) is 16.2 Å². The molecule has 8 rings (SSSR count). The third kappa shape index (κ3) is 15.0. The first kappa shape index (κ1) is 50.9. The summed E-state index contributed by atoms with van der Waals surface area (Å²) >= 11 is 0. The molecule has 2 saturated heterocycles. The van der Waals surface area contributed by atoms with Crippen molar-refractivity contribution in [3.63, 3.8) is 0 Å². The monoisotopic (exact) mass is 928 g/mol. The molecule has 0 spiro atoms. The number of benzene rings is 2. The summed E-state index contributed by atoms with van der Waals surface area (Å²) in [6.45, 7) is 4.10. The molecule has 17 heteroatoms. The van der Waals surface area contributed by atoms with Crippen molar-refractivity contribution in [3.8, 4) is 0 Å². The number of aryl methyl sites for hydroxylation is 4. The number of hydrogen-bond donors (Lipinski definition) is 5. The second-order valence-corrected chi connectivity index (χ2v) is 17.6. The zero-order chi connectivity index (χ0) is 47.4. The third-order valence-corrected chi connectivity index (χ3v) is 12.5. The second kappa shape index (κ2) is 26.8. The molecule has 0 saturated carbocycles. The highest BCUT2D eigenvalue weighted by molar-refractivity contribution is 6.45. The molecular weight excluding hydrogens is 861 g/mol. The minimum Gasteiger partial charge on any atom is -0.481 e. The maximum absolute atomic E-state index is 12.7. The van der Waals surface area contributed by atoms with Gasteiger partial charge in [0.25, 0.3) is 23.4 Å². The molecular formula is C50H68N6O11. The molecule has 4 aliphatic heterocycles. The zero-order valence-electron chi connectivity index (χ0n) is 38.7. The highest BCUT2D eigenvalue weighted by atomic mass is 16.8. The molecule has 4 aromatic rings. The van der Waals surface area contributed by atoms with Crippen LogP contribution in [0.5, 0.6) is 0 Å². The van der Waals surface area contributed by atoms with E-state index in [4.69, 9.17) is 25.3 Å². The third-order valence-electron chi connectivity index (χ3n) is 12.5. The van der Waals surface area contributed by atoms with E-state index in [1.807, 2.05) is 30.5 Å². The van der Waals surface area contributed by atoms with Crippen LogP contribution in [0.4, 0.5) is 0 Å². The number of nitrogens with zero attached hydrogens (tertiary/aromatic N) is 2. The molecule has 0 radical (unpaired) electrons. The Hall–Kier alpha value is -5.46. The van der Waals surface area contributed by atoms with Crippen LogP contribution in [0.15, 0.2) is 48.8 Å². The Balaban J connectivity index is 0.000000193. The average molecular weight is 929 g/mol. The summed E-state index contributed by atoms with van der Waals surface area (Å²) in [6.07, 6.45) is 20.2. The molecule has 67 heavy (non-hydrogen) atoms. The van der Waals surface area contributed by atoms with E-state index in [1.165, 1.54) is 17.5 Å². The van der Waals surface area contributed by atoms with E-state index >= 15 is 0 Å². The van der Waals surface area contributed by atoms with Crippen molar-refractivity contribution in [1.29, 1.82) is 0 Å². The lowest BCUT2D eigenvalue weighted by molar-refractivity contribution is -0.200. The zero-order valence-corrected chi connectivity index (χ0v) is 38.7. The Bertz CT molecular complexity index is 2290. The number of nitrogens with two attached hydrogens (primary N) is 1. The van der Waals surface area contributed by atoms with Gasteiger partial charge in [0, 0.05) is 88.2 Å². The molecule has 3 amide bonds. The normalized spacial score (nSPS) is 17.3. The van der Waals surface area contributed by atoms with E-state index in [-0.39, 0.29) is 24.9 Å². The van der Waals surface area contributed by atoms with Gasteiger partial charge in [0.1, 0.15) is 0 Å². The molecule has 2 atom stereocenters. The van der Waals surface area contributed by atoms with Gasteiger partial charge in [-0.3, -0.25) is 33.6 Å². The molecule has 2 aromatic carbocycles. The summed E-state index contributed by atoms with van der Waals surface area (Å²) < 4.78 is 14.7. The van der Waals surface area contributed by atoms with Crippen molar-refractivity contribution in [2.45, 2.75) is 154 Å². The van der Waals surface area contributed by atoms with E-state index in [2.05, 4.69) is 42.2 Å². The molecule has 4 aliphatic rings. The van der Waals surface area contributed by atoms with Crippen LogP contribution in [-0.2, 0) is 64.3 Å². The van der Waals surface area contributed by atoms with Crippen molar-refractivity contribution in [1.82, 2.24) is 25.2 Å². The van der Waals surface area contributed by atoms with Gasteiger partial charge in [-0.1, -0.05) is 62.1 Å². The number of carboxylic acid groups (broad SMARTS) is 1. The lowest BCUT2D eigenvalue weighted by Gasteiger charge is -2.22. The molecule has 17 nitrogen and oxygen atoms in total. The molecule has 6 heterocycles. The van der Waals surface area contributed by atoms with E-state index in [9.17, 15) is 28.8 Å². The Morgan fingerprint density at radius 2 is 1.12 bits per heavy atom. The van der Waals surface area contributed by atoms with Gasteiger partial charge in [-0.05, 0) is 88.2 Å². The number of para-hydroxylation sites is 2. The number of aliphatic carboxylic acids is 1. The Morgan fingerprint density at radius 1 is 0.627 bits per heavy atom. The molecule has 2 aromatic heterocycles. The van der Waals surface area contributed by atoms with Crippen LogP contribution in [-0.4, -0.2) is 88.4 Å². The second-order valence-electron chi connectivity index (χ2n) is 17.6. The maximum Gasteiger partial charge on any atom is 0.303 e. The van der Waals surface area contributed by atoms with Crippen molar-refractivity contribution in [2.75, 3.05) is 26.3 Å². The van der Waals surface area contributed by atoms with Crippen LogP contribution in [0.25, 0.3) is 21.8 Å². The number of aromatic nitrogens is 2. The first-order valence-corrected chi connectivity index (χ1v) is 24.3. The predicted molar refractivity (Wildman–Crippen MR) is 251 cm³/mol. The molecule has 364 valence electrons. The Kier molecular flexibility index (Phi) is 20.4. The molecule has 0 aliphatic carbocycles. The number of carbonyl (C=O) groups is 6. The molecule has 2 unspecified atom stereocenters. The number of nitrogens with one attached hydrogen (secondary N) is 3. The van der Waals surface area contributed by atoms with Gasteiger partial charge in [0.05, 0.1) is 22.2 Å². The van der Waals surface area contributed by atoms with E-state index in [1.54, 1.807) is 6.20 Å². The van der Waals surface area contributed by atoms with E-state index in [0.29, 0.717) is 43.7 Å². The number of ketones is 2. The van der Waals surface area contributed by atoms with Gasteiger partial charge < -0.3 is 34.3 Å². The quantitative estimate of drug-likeness (QED) is 0.0253. The highest BCUT2D eigenvalue weighted by Gasteiger charge is 2.25. The van der Waals surface area contributed by atoms with Crippen molar-refractivity contribution < 1.29 is 53.0 Å². The summed E-state index contributed by atoms with van der Waals surface area (Å²) in [5.74, 6) is 1.86. The fourth-order valence-corrected chi connectivity index (χ4v) is 9.01. The number of unbranched alkanes of at least 4 members (excludes halogenated alkanes) is 6. The largest absolute Gasteiger partial charge is 0.481 e. The average Bonchev–Trinajstić information content (AvgIpc) is 3.93. The maximum atomic E-state index is 12.7. The van der Waals surface area contributed by atoms with E-state index in [0.717, 1.165) is 144 Å². The van der Waals surface area contributed by atoms with Crippen LogP contribution >= 0.6 is 0 Å². The molecule has 6 N–H and O–H groups in total. The topological polar surface area (TPSA) is 232 Å². The first-order chi connectivity index (χ1) is 32.6. The van der Waals surface area contributed by atoms with Crippen LogP contribution < -0.4 is 22.0 Å². The van der Waals surface area contributed by atoms with Crippen molar-refractivity contribution in [2.24, 2.45) is 5.90 Å². The number of carbonyl (C=O) groups excluding carboxylic acids is 5. The van der Waals surface area contributed by atoms with Gasteiger partial charge in [-0.2, -0.15) is 0 Å². The number of hydroxylamine groups is 1. The minimum atomic E-state index is -0.782. The number of carboxylic acids is 1. The standard InChI is InChI=1S/C25H33N3O5.C20H24N2O4.C5H11NO2/c29-21(27-33-22-13-4-6-16-32-22)12-3-1-2-5-14-26-25(31)24(30)20-17-28-15-8-10-18-9-7-11-19(20)23(18)28;23-17(24)10-3-1-2-4-11-21-20(26)19(25)16-13-22-12-6-8-14-7-5-9-15(16)18(14)22;6-8-5-3-1-2-4-7-5/h7,9,11,17,22H,1-6,8,10,12-16H2,(H,26,31)(H,27,29);5,7,9,13H,1-4,6,8,10-12H2,(H,21,26)(H,23,24);5H,1-4,6H2. The fraction of sp³-hybridized carbons (Fsp3) is 0.560. The van der Waals surface area contributed by atoms with E-state index < -0.39 is 29.4 Å². The Labute approximate surface area is 391 Å². The van der Waals surface area contributed by atoms with Crippen LogP contribution in [0.2, 0.25) is 0 Å². The summed E-state index contributed by atoms with van der Waals surface area (Å²) in [5, 5.41) is 15.7. The number of hydrogen-bond acceptors (Lipinski definition) is 11. The van der Waals surface area contributed by atoms with Gasteiger partial charge in [0.15, 0.2) is 12.6 Å². The van der Waals surface area contributed by atoms with Gasteiger partial charge >= 0.3 is 5.97 Å². The van der Waals surface area contributed by atoms with Crippen LogP contribution in [0, 0.1) is 0 Å². The van der Waals surface area contributed by atoms with Crippen molar-refractivity contribution >= 4 is 57.1 Å². The fourth-order valence-electron chi connectivity index (χ4n) is 9.01. The number of rotatable bonds is 21. The number of Topliss-reactive ketones (excluding diaryl/α,β-unsaturated/α-hetero) is 2. The summed E-state index contributed by atoms with van der Waals surface area (Å²) in [4.78, 5) is 81.9. The lowest BCUT2D eigenvalue weighted by atomic mass is 10.0. The molecule has 2 fully saturated rings. The van der Waals surface area contributed by atoms with Crippen molar-refractivity contribution in [3.05, 3.63) is 71.0 Å².